The Bertz CT molecular complexity index is 439. The predicted octanol–water partition coefficient (Wildman–Crippen LogP) is 3.43. The summed E-state index contributed by atoms with van der Waals surface area (Å²) in [5.41, 5.74) is 1.93. The Morgan fingerprint density at radius 2 is 1.95 bits per heavy atom. The first-order valence-electron chi connectivity index (χ1n) is 7.84. The molecular weight excluding hydrogens is 328 g/mol. The predicted molar refractivity (Wildman–Crippen MR) is 90.9 cm³/mol. The SMILES string of the molecule is CC1CCN(CCCNC(=O)c2ccc(CBr)cc2)CC1. The van der Waals surface area contributed by atoms with Gasteiger partial charge in [-0.1, -0.05) is 35.0 Å². The van der Waals surface area contributed by atoms with Gasteiger partial charge in [-0.2, -0.15) is 0 Å². The van der Waals surface area contributed by atoms with Crippen LogP contribution in [0.1, 0.15) is 42.1 Å². The molecule has 1 saturated heterocycles. The third kappa shape index (κ3) is 5.44. The number of piperidine rings is 1. The monoisotopic (exact) mass is 352 g/mol. The highest BCUT2D eigenvalue weighted by atomic mass is 79.9. The summed E-state index contributed by atoms with van der Waals surface area (Å²) in [4.78, 5) is 14.5. The fourth-order valence-electron chi connectivity index (χ4n) is 2.64. The van der Waals surface area contributed by atoms with Gasteiger partial charge in [0.15, 0.2) is 0 Å². The maximum Gasteiger partial charge on any atom is 0.251 e. The number of carbonyl (C=O) groups is 1. The van der Waals surface area contributed by atoms with Gasteiger partial charge in [0, 0.05) is 17.4 Å². The summed E-state index contributed by atoms with van der Waals surface area (Å²) in [6, 6.07) is 7.74. The molecule has 3 nitrogen and oxygen atoms in total. The van der Waals surface area contributed by atoms with Crippen LogP contribution in [0.15, 0.2) is 24.3 Å². The summed E-state index contributed by atoms with van der Waals surface area (Å²) in [6.45, 7) is 6.60. The van der Waals surface area contributed by atoms with Crippen LogP contribution >= 0.6 is 15.9 Å². The second-order valence-corrected chi connectivity index (χ2v) is 6.52. The van der Waals surface area contributed by atoms with E-state index in [0.29, 0.717) is 0 Å². The van der Waals surface area contributed by atoms with Gasteiger partial charge in [0.05, 0.1) is 0 Å². The second-order valence-electron chi connectivity index (χ2n) is 5.96. The number of alkyl halides is 1. The molecule has 0 saturated carbocycles. The van der Waals surface area contributed by atoms with Crippen LogP contribution in [0.5, 0.6) is 0 Å². The van der Waals surface area contributed by atoms with E-state index >= 15 is 0 Å². The molecule has 1 aromatic carbocycles. The maximum atomic E-state index is 12.0. The molecule has 0 atom stereocenters. The molecule has 1 aromatic rings. The number of likely N-dealkylation sites (tertiary alicyclic amines) is 1. The van der Waals surface area contributed by atoms with E-state index in [-0.39, 0.29) is 5.91 Å². The van der Waals surface area contributed by atoms with E-state index in [2.05, 4.69) is 33.1 Å². The molecule has 0 bridgehead atoms. The fourth-order valence-corrected chi connectivity index (χ4v) is 3.01. The summed E-state index contributed by atoms with van der Waals surface area (Å²) in [6.07, 6.45) is 3.65. The van der Waals surface area contributed by atoms with E-state index in [1.54, 1.807) is 0 Å². The Labute approximate surface area is 136 Å². The van der Waals surface area contributed by atoms with Crippen LogP contribution in [0, 0.1) is 5.92 Å². The Balaban J connectivity index is 1.64. The van der Waals surface area contributed by atoms with Crippen LogP contribution in [-0.2, 0) is 5.33 Å². The lowest BCUT2D eigenvalue weighted by atomic mass is 9.99. The van der Waals surface area contributed by atoms with E-state index in [1.165, 1.54) is 31.5 Å². The normalized spacial score (nSPS) is 16.9. The zero-order valence-electron chi connectivity index (χ0n) is 12.8. The zero-order chi connectivity index (χ0) is 15.1. The third-order valence-corrected chi connectivity index (χ3v) is 4.83. The molecule has 2 rings (SSSR count). The lowest BCUT2D eigenvalue weighted by Crippen LogP contribution is -2.35. The fraction of sp³-hybridized carbons (Fsp3) is 0.588. The topological polar surface area (TPSA) is 32.3 Å². The highest BCUT2D eigenvalue weighted by Crippen LogP contribution is 2.15. The van der Waals surface area contributed by atoms with Crippen molar-refractivity contribution in [3.63, 3.8) is 0 Å². The van der Waals surface area contributed by atoms with Crippen molar-refractivity contribution < 1.29 is 4.79 Å². The molecule has 1 heterocycles. The number of hydrogen-bond acceptors (Lipinski definition) is 2. The van der Waals surface area contributed by atoms with Crippen molar-refractivity contribution in [3.8, 4) is 0 Å². The molecule has 1 amide bonds. The number of amides is 1. The summed E-state index contributed by atoms with van der Waals surface area (Å²) in [5.74, 6) is 0.909. The number of benzene rings is 1. The lowest BCUT2D eigenvalue weighted by molar-refractivity contribution is 0.0950. The molecule has 0 aromatic heterocycles. The highest BCUT2D eigenvalue weighted by molar-refractivity contribution is 9.08. The van der Waals surface area contributed by atoms with Gasteiger partial charge in [-0.05, 0) is 62.5 Å². The molecule has 0 radical (unpaired) electrons. The van der Waals surface area contributed by atoms with Crippen LogP contribution in [0.4, 0.5) is 0 Å². The minimum absolute atomic E-state index is 0.0309. The molecule has 0 spiro atoms. The molecule has 21 heavy (non-hydrogen) atoms. The summed E-state index contributed by atoms with van der Waals surface area (Å²) >= 11 is 3.41. The van der Waals surface area contributed by atoms with Crippen molar-refractivity contribution >= 4 is 21.8 Å². The van der Waals surface area contributed by atoms with Crippen molar-refractivity contribution in [2.24, 2.45) is 5.92 Å². The molecule has 4 heteroatoms. The van der Waals surface area contributed by atoms with Gasteiger partial charge in [0.1, 0.15) is 0 Å². The Morgan fingerprint density at radius 1 is 1.29 bits per heavy atom. The largest absolute Gasteiger partial charge is 0.352 e. The van der Waals surface area contributed by atoms with Crippen LogP contribution in [0.2, 0.25) is 0 Å². The number of rotatable bonds is 6. The average molecular weight is 353 g/mol. The number of halogens is 1. The Hall–Kier alpha value is -0.870. The quantitative estimate of drug-likeness (QED) is 0.628. The molecule has 1 aliphatic heterocycles. The van der Waals surface area contributed by atoms with Crippen LogP contribution < -0.4 is 5.32 Å². The highest BCUT2D eigenvalue weighted by Gasteiger charge is 2.14. The first-order valence-corrected chi connectivity index (χ1v) is 8.96. The first-order chi connectivity index (χ1) is 10.2. The van der Waals surface area contributed by atoms with Gasteiger partial charge in [-0.25, -0.2) is 0 Å². The lowest BCUT2D eigenvalue weighted by Gasteiger charge is -2.30. The van der Waals surface area contributed by atoms with Crippen molar-refractivity contribution in [1.82, 2.24) is 10.2 Å². The van der Waals surface area contributed by atoms with E-state index in [0.717, 1.165) is 36.3 Å². The van der Waals surface area contributed by atoms with E-state index in [1.807, 2.05) is 24.3 Å². The minimum Gasteiger partial charge on any atom is -0.352 e. The third-order valence-electron chi connectivity index (χ3n) is 4.18. The van der Waals surface area contributed by atoms with Crippen LogP contribution in [0.3, 0.4) is 0 Å². The van der Waals surface area contributed by atoms with E-state index < -0.39 is 0 Å². The molecule has 1 N–H and O–H groups in total. The van der Waals surface area contributed by atoms with Gasteiger partial charge in [0.2, 0.25) is 0 Å². The summed E-state index contributed by atoms with van der Waals surface area (Å²) < 4.78 is 0. The standard InChI is InChI=1S/C17H25BrN2O/c1-14-7-11-20(12-8-14)10-2-9-19-17(21)16-5-3-15(13-18)4-6-16/h3-6,14H,2,7-13H2,1H3,(H,19,21). The van der Waals surface area contributed by atoms with Crippen LogP contribution in [0.25, 0.3) is 0 Å². The van der Waals surface area contributed by atoms with Gasteiger partial charge in [-0.3, -0.25) is 4.79 Å². The number of carbonyl (C=O) groups excluding carboxylic acids is 1. The van der Waals surface area contributed by atoms with Crippen molar-refractivity contribution in [3.05, 3.63) is 35.4 Å². The first kappa shape index (κ1) is 16.5. The minimum atomic E-state index is 0.0309. The maximum absolute atomic E-state index is 12.0. The van der Waals surface area contributed by atoms with Gasteiger partial charge >= 0.3 is 0 Å². The van der Waals surface area contributed by atoms with Gasteiger partial charge in [0.25, 0.3) is 5.91 Å². The van der Waals surface area contributed by atoms with Gasteiger partial charge in [-0.15, -0.1) is 0 Å². The smallest absolute Gasteiger partial charge is 0.251 e. The molecule has 0 aliphatic carbocycles. The zero-order valence-corrected chi connectivity index (χ0v) is 14.4. The van der Waals surface area contributed by atoms with E-state index in [4.69, 9.17) is 0 Å². The molecular formula is C17H25BrN2O. The van der Waals surface area contributed by atoms with Crippen molar-refractivity contribution in [1.29, 1.82) is 0 Å². The molecule has 1 aliphatic rings. The molecule has 1 fully saturated rings. The molecule has 0 unspecified atom stereocenters. The van der Waals surface area contributed by atoms with E-state index in [9.17, 15) is 4.79 Å². The number of nitrogens with one attached hydrogen (secondary N) is 1. The van der Waals surface area contributed by atoms with Crippen LogP contribution in [-0.4, -0.2) is 37.0 Å². The Morgan fingerprint density at radius 3 is 2.57 bits per heavy atom. The summed E-state index contributed by atoms with van der Waals surface area (Å²) in [5, 5.41) is 3.83. The number of hydrogen-bond donors (Lipinski definition) is 1. The number of nitrogens with zero attached hydrogens (tertiary/aromatic N) is 1. The van der Waals surface area contributed by atoms with Crippen molar-refractivity contribution in [2.75, 3.05) is 26.2 Å². The van der Waals surface area contributed by atoms with Gasteiger partial charge < -0.3 is 10.2 Å². The van der Waals surface area contributed by atoms with Crippen molar-refractivity contribution in [2.45, 2.75) is 31.5 Å². The average Bonchev–Trinajstić information content (AvgIpc) is 2.53. The second kappa shape index (κ2) is 8.54. The molecule has 116 valence electrons. The Kier molecular flexibility index (Phi) is 6.71. The summed E-state index contributed by atoms with van der Waals surface area (Å²) in [7, 11) is 0.